The Balaban J connectivity index is 1.83. The van der Waals surface area contributed by atoms with Gasteiger partial charge >= 0.3 is 0 Å². The van der Waals surface area contributed by atoms with Crippen LogP contribution in [0.1, 0.15) is 5.56 Å². The number of fused-ring (bicyclic) bond motifs is 1. The van der Waals surface area contributed by atoms with Gasteiger partial charge in [-0.25, -0.2) is 4.39 Å². The van der Waals surface area contributed by atoms with E-state index in [-0.39, 0.29) is 11.9 Å². The molecule has 0 fully saturated rings. The van der Waals surface area contributed by atoms with E-state index in [0.29, 0.717) is 24.5 Å². The minimum Gasteiger partial charge on any atom is -0.496 e. The Kier molecular flexibility index (Phi) is 3.46. The minimum atomic E-state index is -0.334. The van der Waals surface area contributed by atoms with Gasteiger partial charge in [-0.3, -0.25) is 0 Å². The number of para-hydroxylation sites is 1. The molecule has 0 spiro atoms. The molecule has 0 aliphatic carbocycles. The molecule has 0 aromatic heterocycles. The van der Waals surface area contributed by atoms with Crippen molar-refractivity contribution in [2.75, 3.05) is 19.0 Å². The lowest BCUT2D eigenvalue weighted by atomic mass is 10.0. The van der Waals surface area contributed by atoms with Gasteiger partial charge in [0.15, 0.2) is 11.6 Å². The first-order chi connectivity index (χ1) is 9.78. The van der Waals surface area contributed by atoms with Crippen LogP contribution in [-0.4, -0.2) is 19.8 Å². The predicted octanol–water partition coefficient (Wildman–Crippen LogP) is 3.25. The Labute approximate surface area is 117 Å². The molecule has 0 radical (unpaired) electrons. The molecule has 2 aromatic carbocycles. The summed E-state index contributed by atoms with van der Waals surface area (Å²) in [5, 5.41) is 3.39. The molecule has 2 aromatic rings. The normalized spacial score (nSPS) is 17.0. The Morgan fingerprint density at radius 3 is 2.75 bits per heavy atom. The number of nitrogens with one attached hydrogen (secondary N) is 1. The average molecular weight is 273 g/mol. The Hall–Kier alpha value is -2.23. The summed E-state index contributed by atoms with van der Waals surface area (Å²) in [7, 11) is 1.59. The first-order valence-corrected chi connectivity index (χ1v) is 6.57. The van der Waals surface area contributed by atoms with Crippen molar-refractivity contribution in [2.24, 2.45) is 0 Å². The first-order valence-electron chi connectivity index (χ1n) is 6.57. The fraction of sp³-hybridized carbons (Fsp3) is 0.250. The molecule has 3 rings (SSSR count). The SMILES string of the molecule is COc1ccc(F)c2c1CC(Nc1ccccc1)CO2. The second-order valence-electron chi connectivity index (χ2n) is 4.78. The Morgan fingerprint density at radius 2 is 2.00 bits per heavy atom. The van der Waals surface area contributed by atoms with Gasteiger partial charge in [-0.15, -0.1) is 0 Å². The van der Waals surface area contributed by atoms with Crippen molar-refractivity contribution in [3.05, 3.63) is 53.8 Å². The topological polar surface area (TPSA) is 30.5 Å². The highest BCUT2D eigenvalue weighted by Crippen LogP contribution is 2.35. The van der Waals surface area contributed by atoms with Crippen molar-refractivity contribution in [3.63, 3.8) is 0 Å². The molecule has 1 heterocycles. The van der Waals surface area contributed by atoms with E-state index >= 15 is 0 Å². The molecule has 1 N–H and O–H groups in total. The van der Waals surface area contributed by atoms with E-state index < -0.39 is 0 Å². The number of rotatable bonds is 3. The fourth-order valence-electron chi connectivity index (χ4n) is 2.47. The standard InChI is InChI=1S/C16H16FNO2/c1-19-15-8-7-14(17)16-13(15)9-12(10-20-16)18-11-5-3-2-4-6-11/h2-8,12,18H,9-10H2,1H3. The molecular weight excluding hydrogens is 257 g/mol. The summed E-state index contributed by atoms with van der Waals surface area (Å²) in [6.07, 6.45) is 0.672. The number of ether oxygens (including phenoxy) is 2. The largest absolute Gasteiger partial charge is 0.496 e. The van der Waals surface area contributed by atoms with Crippen molar-refractivity contribution in [2.45, 2.75) is 12.5 Å². The number of anilines is 1. The smallest absolute Gasteiger partial charge is 0.165 e. The molecule has 0 saturated heterocycles. The van der Waals surface area contributed by atoms with Gasteiger partial charge in [-0.05, 0) is 24.3 Å². The predicted molar refractivity (Wildman–Crippen MR) is 76.0 cm³/mol. The lowest BCUT2D eigenvalue weighted by Gasteiger charge is -2.28. The van der Waals surface area contributed by atoms with Gasteiger partial charge in [0, 0.05) is 17.7 Å². The summed E-state index contributed by atoms with van der Waals surface area (Å²) in [5.41, 5.74) is 1.81. The van der Waals surface area contributed by atoms with Crippen LogP contribution in [0.15, 0.2) is 42.5 Å². The second-order valence-corrected chi connectivity index (χ2v) is 4.78. The van der Waals surface area contributed by atoms with Crippen LogP contribution in [0.5, 0.6) is 11.5 Å². The van der Waals surface area contributed by atoms with Crippen molar-refractivity contribution in [1.29, 1.82) is 0 Å². The zero-order valence-corrected chi connectivity index (χ0v) is 11.2. The van der Waals surface area contributed by atoms with Gasteiger partial charge in [0.25, 0.3) is 0 Å². The number of hydrogen-bond acceptors (Lipinski definition) is 3. The quantitative estimate of drug-likeness (QED) is 0.931. The summed E-state index contributed by atoms with van der Waals surface area (Å²) in [6.45, 7) is 0.436. The Morgan fingerprint density at radius 1 is 1.20 bits per heavy atom. The maximum absolute atomic E-state index is 13.7. The summed E-state index contributed by atoms with van der Waals surface area (Å²) < 4.78 is 24.6. The Bertz CT molecular complexity index is 601. The zero-order chi connectivity index (χ0) is 13.9. The van der Waals surface area contributed by atoms with Gasteiger partial charge in [-0.2, -0.15) is 0 Å². The lowest BCUT2D eigenvalue weighted by molar-refractivity contribution is 0.254. The van der Waals surface area contributed by atoms with Gasteiger partial charge < -0.3 is 14.8 Å². The van der Waals surface area contributed by atoms with Crippen LogP contribution in [0.25, 0.3) is 0 Å². The zero-order valence-electron chi connectivity index (χ0n) is 11.2. The summed E-state index contributed by atoms with van der Waals surface area (Å²) >= 11 is 0. The molecule has 1 aliphatic rings. The highest BCUT2D eigenvalue weighted by Gasteiger charge is 2.25. The molecule has 1 unspecified atom stereocenters. The summed E-state index contributed by atoms with van der Waals surface area (Å²) in [6, 6.07) is 13.0. The van der Waals surface area contributed by atoms with Crippen LogP contribution >= 0.6 is 0 Å². The number of benzene rings is 2. The van der Waals surface area contributed by atoms with Gasteiger partial charge in [0.05, 0.1) is 13.2 Å². The van der Waals surface area contributed by atoms with Crippen LogP contribution in [-0.2, 0) is 6.42 Å². The molecule has 1 aliphatic heterocycles. The third-order valence-corrected chi connectivity index (χ3v) is 3.41. The molecule has 4 heteroatoms. The van der Waals surface area contributed by atoms with Crippen molar-refractivity contribution in [1.82, 2.24) is 0 Å². The number of halogens is 1. The molecule has 104 valence electrons. The fourth-order valence-corrected chi connectivity index (χ4v) is 2.47. The summed E-state index contributed by atoms with van der Waals surface area (Å²) in [5.74, 6) is 0.649. The number of hydrogen-bond donors (Lipinski definition) is 1. The third-order valence-electron chi connectivity index (χ3n) is 3.41. The van der Waals surface area contributed by atoms with Crippen molar-refractivity contribution in [3.8, 4) is 11.5 Å². The monoisotopic (exact) mass is 273 g/mol. The van der Waals surface area contributed by atoms with Crippen molar-refractivity contribution < 1.29 is 13.9 Å². The molecule has 0 amide bonds. The van der Waals surface area contributed by atoms with Crippen LogP contribution in [0.2, 0.25) is 0 Å². The van der Waals surface area contributed by atoms with E-state index in [0.717, 1.165) is 11.3 Å². The van der Waals surface area contributed by atoms with Crippen molar-refractivity contribution >= 4 is 5.69 Å². The van der Waals surface area contributed by atoms with Gasteiger partial charge in [-0.1, -0.05) is 18.2 Å². The molecular formula is C16H16FNO2. The van der Waals surface area contributed by atoms with E-state index in [9.17, 15) is 4.39 Å². The number of methoxy groups -OCH3 is 1. The van der Waals surface area contributed by atoms with E-state index in [1.807, 2.05) is 30.3 Å². The lowest BCUT2D eigenvalue weighted by Crippen LogP contribution is -2.33. The van der Waals surface area contributed by atoms with Crippen LogP contribution in [0.3, 0.4) is 0 Å². The third kappa shape index (κ3) is 2.41. The van der Waals surface area contributed by atoms with E-state index in [4.69, 9.17) is 9.47 Å². The van der Waals surface area contributed by atoms with Gasteiger partial charge in [0.2, 0.25) is 0 Å². The van der Waals surface area contributed by atoms with Crippen LogP contribution in [0.4, 0.5) is 10.1 Å². The van der Waals surface area contributed by atoms with E-state index in [2.05, 4.69) is 5.32 Å². The maximum atomic E-state index is 13.7. The van der Waals surface area contributed by atoms with Gasteiger partial charge in [0.1, 0.15) is 12.4 Å². The maximum Gasteiger partial charge on any atom is 0.165 e. The highest BCUT2D eigenvalue weighted by molar-refractivity contribution is 5.50. The summed E-state index contributed by atoms with van der Waals surface area (Å²) in [4.78, 5) is 0. The molecule has 0 saturated carbocycles. The second kappa shape index (κ2) is 5.41. The minimum absolute atomic E-state index is 0.0978. The average Bonchev–Trinajstić information content (AvgIpc) is 2.49. The molecule has 0 bridgehead atoms. The van der Waals surface area contributed by atoms with E-state index in [1.54, 1.807) is 13.2 Å². The molecule has 1 atom stereocenters. The first kappa shape index (κ1) is 12.8. The molecule has 20 heavy (non-hydrogen) atoms. The van der Waals surface area contributed by atoms with Crippen LogP contribution < -0.4 is 14.8 Å². The van der Waals surface area contributed by atoms with E-state index in [1.165, 1.54) is 6.07 Å². The van der Waals surface area contributed by atoms with Crippen LogP contribution in [0, 0.1) is 5.82 Å². The molecule has 3 nitrogen and oxygen atoms in total. The highest BCUT2D eigenvalue weighted by atomic mass is 19.1.